The van der Waals surface area contributed by atoms with Gasteiger partial charge in [-0.3, -0.25) is 5.10 Å². The van der Waals surface area contributed by atoms with Crippen LogP contribution < -0.4 is 0 Å². The Hall–Kier alpha value is -1.33. The van der Waals surface area contributed by atoms with Gasteiger partial charge < -0.3 is 4.79 Å². The van der Waals surface area contributed by atoms with Gasteiger partial charge in [-0.15, -0.1) is 0 Å². The van der Waals surface area contributed by atoms with Gasteiger partial charge in [0, 0.05) is 12.0 Å². The van der Waals surface area contributed by atoms with E-state index in [1.807, 2.05) is 0 Å². The van der Waals surface area contributed by atoms with Crippen molar-refractivity contribution in [1.29, 1.82) is 0 Å². The van der Waals surface area contributed by atoms with Gasteiger partial charge in [-0.05, 0) is 0 Å². The predicted molar refractivity (Wildman–Crippen MR) is 33.4 cm³/mol. The molecule has 1 aromatic rings. The topological polar surface area (TPSA) is 45.8 Å². The molecule has 0 saturated heterocycles. The van der Waals surface area contributed by atoms with Crippen molar-refractivity contribution in [2.75, 3.05) is 0 Å². The van der Waals surface area contributed by atoms with Crippen molar-refractivity contribution < 1.29 is 18.0 Å². The number of carbonyl (C=O) groups excluding carboxylic acids is 1. The third kappa shape index (κ3) is 1.63. The molecular weight excluding hydrogens is 173 g/mol. The van der Waals surface area contributed by atoms with Gasteiger partial charge in [0.2, 0.25) is 0 Å². The van der Waals surface area contributed by atoms with Crippen LogP contribution >= 0.6 is 0 Å². The minimum absolute atomic E-state index is 0.127. The zero-order valence-corrected chi connectivity index (χ0v) is 5.85. The Labute approximate surface area is 65.6 Å². The minimum atomic E-state index is -4.46. The number of rotatable bonds is 2. The summed E-state index contributed by atoms with van der Waals surface area (Å²) < 4.78 is 36.1. The molecule has 66 valence electrons. The van der Waals surface area contributed by atoms with E-state index in [0.717, 1.165) is 6.20 Å². The normalized spacial score (nSPS) is 11.6. The Morgan fingerprint density at radius 1 is 1.58 bits per heavy atom. The molecule has 0 amide bonds. The number of alkyl halides is 3. The quantitative estimate of drug-likeness (QED) is 0.691. The molecule has 0 spiro atoms. The van der Waals surface area contributed by atoms with Crippen molar-refractivity contribution in [2.24, 2.45) is 0 Å². The number of aldehydes is 1. The fourth-order valence-electron chi connectivity index (χ4n) is 0.801. The van der Waals surface area contributed by atoms with Gasteiger partial charge >= 0.3 is 6.18 Å². The van der Waals surface area contributed by atoms with Crippen molar-refractivity contribution in [3.05, 3.63) is 17.5 Å². The first-order valence-corrected chi connectivity index (χ1v) is 3.08. The molecule has 1 rings (SSSR count). The number of nitrogens with one attached hydrogen (secondary N) is 1. The standard InChI is InChI=1S/C6H5F3N2O/c7-6(8,9)5-4(1-2-12)3-10-11-5/h2-3H,1H2,(H,10,11). The monoisotopic (exact) mass is 178 g/mol. The van der Waals surface area contributed by atoms with Gasteiger partial charge in [0.25, 0.3) is 0 Å². The molecular formula is C6H5F3N2O. The number of nitrogens with zero attached hydrogens (tertiary/aromatic N) is 1. The van der Waals surface area contributed by atoms with E-state index in [0.29, 0.717) is 6.29 Å². The van der Waals surface area contributed by atoms with Gasteiger partial charge in [0.1, 0.15) is 12.0 Å². The van der Waals surface area contributed by atoms with Crippen LogP contribution in [0.5, 0.6) is 0 Å². The molecule has 0 bridgehead atoms. The van der Waals surface area contributed by atoms with Crippen molar-refractivity contribution in [3.63, 3.8) is 0 Å². The summed E-state index contributed by atoms with van der Waals surface area (Å²) in [4.78, 5) is 9.94. The zero-order chi connectivity index (χ0) is 9.19. The lowest BCUT2D eigenvalue weighted by molar-refractivity contribution is -0.141. The second-order valence-electron chi connectivity index (χ2n) is 2.14. The van der Waals surface area contributed by atoms with Gasteiger partial charge in [-0.1, -0.05) is 0 Å². The van der Waals surface area contributed by atoms with Crippen molar-refractivity contribution in [1.82, 2.24) is 10.2 Å². The average Bonchev–Trinajstić information content (AvgIpc) is 2.34. The molecule has 1 heterocycles. The Balaban J connectivity index is 2.99. The molecule has 0 fully saturated rings. The van der Waals surface area contributed by atoms with Crippen LogP contribution in [0, 0.1) is 0 Å². The van der Waals surface area contributed by atoms with E-state index in [1.165, 1.54) is 0 Å². The number of hydrogen-bond donors (Lipinski definition) is 1. The summed E-state index contributed by atoms with van der Waals surface area (Å²) in [6.45, 7) is 0. The van der Waals surface area contributed by atoms with Gasteiger partial charge in [-0.2, -0.15) is 18.3 Å². The van der Waals surface area contributed by atoms with E-state index in [2.05, 4.69) is 5.10 Å². The lowest BCUT2D eigenvalue weighted by atomic mass is 10.2. The predicted octanol–water partition coefficient (Wildman–Crippen LogP) is 1.17. The third-order valence-corrected chi connectivity index (χ3v) is 1.30. The van der Waals surface area contributed by atoms with E-state index >= 15 is 0 Å². The fourth-order valence-corrected chi connectivity index (χ4v) is 0.801. The lowest BCUT2D eigenvalue weighted by Gasteiger charge is -2.03. The van der Waals surface area contributed by atoms with Gasteiger partial charge in [0.15, 0.2) is 0 Å². The molecule has 0 aromatic carbocycles. The van der Waals surface area contributed by atoms with E-state index in [4.69, 9.17) is 0 Å². The van der Waals surface area contributed by atoms with Crippen molar-refractivity contribution in [3.8, 4) is 0 Å². The number of carbonyl (C=O) groups is 1. The second-order valence-corrected chi connectivity index (χ2v) is 2.14. The van der Waals surface area contributed by atoms with E-state index < -0.39 is 11.9 Å². The van der Waals surface area contributed by atoms with Crippen LogP contribution in [0.4, 0.5) is 13.2 Å². The molecule has 0 aliphatic rings. The third-order valence-electron chi connectivity index (χ3n) is 1.30. The molecule has 0 aliphatic heterocycles. The van der Waals surface area contributed by atoms with Crippen LogP contribution in [0.2, 0.25) is 0 Å². The molecule has 12 heavy (non-hydrogen) atoms. The van der Waals surface area contributed by atoms with Crippen LogP contribution in [-0.2, 0) is 17.4 Å². The number of halogens is 3. The number of aromatic nitrogens is 2. The van der Waals surface area contributed by atoms with Crippen LogP contribution in [0.1, 0.15) is 11.3 Å². The maximum atomic E-state index is 12.0. The van der Waals surface area contributed by atoms with Gasteiger partial charge in [-0.25, -0.2) is 0 Å². The Bertz CT molecular complexity index is 279. The lowest BCUT2D eigenvalue weighted by Crippen LogP contribution is -2.09. The molecule has 0 radical (unpaired) electrons. The van der Waals surface area contributed by atoms with E-state index in [1.54, 1.807) is 5.10 Å². The van der Waals surface area contributed by atoms with Crippen LogP contribution in [0.25, 0.3) is 0 Å². The fraction of sp³-hybridized carbons (Fsp3) is 0.333. The smallest absolute Gasteiger partial charge is 0.303 e. The van der Waals surface area contributed by atoms with Crippen LogP contribution in [0.15, 0.2) is 6.20 Å². The number of aromatic amines is 1. The largest absolute Gasteiger partial charge is 0.433 e. The summed E-state index contributed by atoms with van der Waals surface area (Å²) >= 11 is 0. The van der Waals surface area contributed by atoms with Crippen molar-refractivity contribution in [2.45, 2.75) is 12.6 Å². The summed E-state index contributed by atoms with van der Waals surface area (Å²) in [6, 6.07) is 0. The van der Waals surface area contributed by atoms with E-state index in [-0.39, 0.29) is 12.0 Å². The van der Waals surface area contributed by atoms with Crippen LogP contribution in [-0.4, -0.2) is 16.5 Å². The first-order valence-electron chi connectivity index (χ1n) is 3.08. The summed E-state index contributed by atoms with van der Waals surface area (Å²) in [5.74, 6) is 0. The first kappa shape index (κ1) is 8.76. The second kappa shape index (κ2) is 2.96. The minimum Gasteiger partial charge on any atom is -0.303 e. The Morgan fingerprint density at radius 2 is 2.25 bits per heavy atom. The van der Waals surface area contributed by atoms with E-state index in [9.17, 15) is 18.0 Å². The highest BCUT2D eigenvalue weighted by Gasteiger charge is 2.35. The summed E-state index contributed by atoms with van der Waals surface area (Å²) in [5.41, 5.74) is -1.08. The molecule has 0 saturated carbocycles. The molecule has 0 unspecified atom stereocenters. The summed E-state index contributed by atoms with van der Waals surface area (Å²) in [5, 5.41) is 5.00. The SMILES string of the molecule is O=CCc1cn[nH]c1C(F)(F)F. The van der Waals surface area contributed by atoms with Crippen LogP contribution in [0.3, 0.4) is 0 Å². The molecule has 1 aromatic heterocycles. The highest BCUT2D eigenvalue weighted by atomic mass is 19.4. The Morgan fingerprint density at radius 3 is 2.75 bits per heavy atom. The summed E-state index contributed by atoms with van der Waals surface area (Å²) in [7, 11) is 0. The Kier molecular flexibility index (Phi) is 2.16. The molecule has 3 nitrogen and oxygen atoms in total. The zero-order valence-electron chi connectivity index (χ0n) is 5.85. The highest BCUT2D eigenvalue weighted by Crippen LogP contribution is 2.29. The maximum Gasteiger partial charge on any atom is 0.433 e. The number of hydrogen-bond acceptors (Lipinski definition) is 2. The molecule has 1 N–H and O–H groups in total. The van der Waals surface area contributed by atoms with Gasteiger partial charge in [0.05, 0.1) is 6.20 Å². The molecule has 0 atom stereocenters. The average molecular weight is 178 g/mol. The molecule has 0 aliphatic carbocycles. The summed E-state index contributed by atoms with van der Waals surface area (Å²) in [6.07, 6.45) is -3.34. The maximum absolute atomic E-state index is 12.0. The molecule has 6 heteroatoms. The van der Waals surface area contributed by atoms with Crippen molar-refractivity contribution >= 4 is 6.29 Å². The first-order chi connectivity index (χ1) is 5.55. The number of H-pyrrole nitrogens is 1. The highest BCUT2D eigenvalue weighted by molar-refractivity contribution is 5.55.